The second-order valence-corrected chi connectivity index (χ2v) is 5.85. The van der Waals surface area contributed by atoms with Crippen LogP contribution in [0.3, 0.4) is 0 Å². The Balaban J connectivity index is 2.04. The summed E-state index contributed by atoms with van der Waals surface area (Å²) in [6.45, 7) is 0. The molecule has 0 aliphatic carbocycles. The Morgan fingerprint density at radius 2 is 1.95 bits per heavy atom. The third-order valence-corrected chi connectivity index (χ3v) is 4.29. The number of benzene rings is 2. The van der Waals surface area contributed by atoms with Gasteiger partial charge in [-0.3, -0.25) is 10.4 Å². The van der Waals surface area contributed by atoms with E-state index in [9.17, 15) is 0 Å². The van der Waals surface area contributed by atoms with Crippen LogP contribution in [0, 0.1) is 5.41 Å². The molecule has 4 nitrogen and oxygen atoms in total. The van der Waals surface area contributed by atoms with Gasteiger partial charge in [-0.1, -0.05) is 36.4 Å². The molecular formula is C17H16N4S. The minimum absolute atomic E-state index is 0.391. The summed E-state index contributed by atoms with van der Waals surface area (Å²) in [6.07, 6.45) is 2.00. The van der Waals surface area contributed by atoms with Crippen molar-refractivity contribution in [2.75, 3.05) is 7.05 Å². The van der Waals surface area contributed by atoms with Crippen LogP contribution >= 0.6 is 11.8 Å². The molecule has 5 heteroatoms. The standard InChI is InChI=1S/C17H16N4S/c1-20-17(19)22-16(18)12-7-8-15-13(9-12)14(10-21-15)11-5-3-2-4-6-11/h2-10,18,21H,1H3,(H2,19,20). The summed E-state index contributed by atoms with van der Waals surface area (Å²) in [5, 5.41) is 10.0. The highest BCUT2D eigenvalue weighted by atomic mass is 32.2. The number of nitrogens with two attached hydrogens (primary N) is 1. The monoisotopic (exact) mass is 308 g/mol. The van der Waals surface area contributed by atoms with Gasteiger partial charge in [-0.05, 0) is 29.5 Å². The first-order valence-corrected chi connectivity index (χ1v) is 7.66. The molecule has 2 aromatic carbocycles. The second-order valence-electron chi connectivity index (χ2n) is 4.82. The molecule has 22 heavy (non-hydrogen) atoms. The summed E-state index contributed by atoms with van der Waals surface area (Å²) in [6, 6.07) is 16.1. The zero-order chi connectivity index (χ0) is 15.5. The van der Waals surface area contributed by atoms with E-state index in [0.29, 0.717) is 10.2 Å². The number of thioether (sulfide) groups is 1. The lowest BCUT2D eigenvalue weighted by atomic mass is 10.0. The van der Waals surface area contributed by atoms with Crippen LogP contribution < -0.4 is 5.73 Å². The predicted octanol–water partition coefficient (Wildman–Crippen LogP) is 3.84. The molecule has 0 atom stereocenters. The summed E-state index contributed by atoms with van der Waals surface area (Å²) < 4.78 is 0. The lowest BCUT2D eigenvalue weighted by molar-refractivity contribution is 1.44. The van der Waals surface area contributed by atoms with Crippen LogP contribution in [0.2, 0.25) is 0 Å². The highest BCUT2D eigenvalue weighted by molar-refractivity contribution is 8.26. The van der Waals surface area contributed by atoms with E-state index in [1.54, 1.807) is 7.05 Å². The summed E-state index contributed by atoms with van der Waals surface area (Å²) in [4.78, 5) is 7.16. The molecule has 0 unspecified atom stereocenters. The first kappa shape index (κ1) is 14.4. The van der Waals surface area contributed by atoms with Gasteiger partial charge < -0.3 is 10.7 Å². The van der Waals surface area contributed by atoms with Gasteiger partial charge in [0.05, 0.1) is 0 Å². The topological polar surface area (TPSA) is 78.0 Å². The Morgan fingerprint density at radius 3 is 2.68 bits per heavy atom. The minimum atomic E-state index is 0.391. The molecule has 0 radical (unpaired) electrons. The Bertz CT molecular complexity index is 849. The molecule has 0 aliphatic heterocycles. The van der Waals surface area contributed by atoms with E-state index < -0.39 is 0 Å². The van der Waals surface area contributed by atoms with Crippen LogP contribution in [0.5, 0.6) is 0 Å². The molecule has 3 aromatic rings. The van der Waals surface area contributed by atoms with Crippen molar-refractivity contribution < 1.29 is 0 Å². The third kappa shape index (κ3) is 2.76. The Labute approximate surface area is 133 Å². The number of aromatic nitrogens is 1. The maximum atomic E-state index is 8.16. The SMILES string of the molecule is CN=C(N)SC(=N)c1ccc2[nH]cc(-c3ccccc3)c2c1. The number of hydrogen-bond donors (Lipinski definition) is 3. The van der Waals surface area contributed by atoms with Gasteiger partial charge in [0.1, 0.15) is 5.04 Å². The summed E-state index contributed by atoms with van der Waals surface area (Å²) in [5.74, 6) is 0. The Morgan fingerprint density at radius 1 is 1.18 bits per heavy atom. The fourth-order valence-corrected chi connectivity index (χ4v) is 2.87. The zero-order valence-corrected chi connectivity index (χ0v) is 12.9. The van der Waals surface area contributed by atoms with Gasteiger partial charge in [0.2, 0.25) is 0 Å². The smallest absolute Gasteiger partial charge is 0.160 e. The molecule has 3 rings (SSSR count). The molecule has 1 aromatic heterocycles. The second kappa shape index (κ2) is 6.07. The predicted molar refractivity (Wildman–Crippen MR) is 95.7 cm³/mol. The molecule has 0 spiro atoms. The molecule has 1 heterocycles. The largest absolute Gasteiger partial charge is 0.378 e. The van der Waals surface area contributed by atoms with Gasteiger partial charge >= 0.3 is 0 Å². The lowest BCUT2D eigenvalue weighted by Gasteiger charge is -2.05. The van der Waals surface area contributed by atoms with Crippen molar-refractivity contribution >= 4 is 32.9 Å². The van der Waals surface area contributed by atoms with Crippen LogP contribution in [0.15, 0.2) is 59.7 Å². The van der Waals surface area contributed by atoms with E-state index in [2.05, 4.69) is 22.1 Å². The number of H-pyrrole nitrogens is 1. The number of nitrogens with zero attached hydrogens (tertiary/aromatic N) is 1. The highest BCUT2D eigenvalue weighted by Gasteiger charge is 2.10. The molecule has 4 N–H and O–H groups in total. The van der Waals surface area contributed by atoms with Crippen LogP contribution in [0.1, 0.15) is 5.56 Å². The fourth-order valence-electron chi connectivity index (χ4n) is 2.33. The first-order valence-electron chi connectivity index (χ1n) is 6.84. The van der Waals surface area contributed by atoms with Crippen LogP contribution in [-0.4, -0.2) is 22.2 Å². The average molecular weight is 308 g/mol. The van der Waals surface area contributed by atoms with Crippen molar-refractivity contribution in [3.8, 4) is 11.1 Å². The van der Waals surface area contributed by atoms with E-state index in [4.69, 9.17) is 11.1 Å². The molecule has 0 aliphatic rings. The number of hydrogen-bond acceptors (Lipinski definition) is 3. The van der Waals surface area contributed by atoms with E-state index in [1.807, 2.05) is 42.6 Å². The van der Waals surface area contributed by atoms with Crippen LogP contribution in [-0.2, 0) is 0 Å². The van der Waals surface area contributed by atoms with Crippen molar-refractivity contribution in [2.24, 2.45) is 10.7 Å². The van der Waals surface area contributed by atoms with Crippen molar-refractivity contribution in [1.29, 1.82) is 5.41 Å². The van der Waals surface area contributed by atoms with Gasteiger partial charge in [-0.2, -0.15) is 0 Å². The number of fused-ring (bicyclic) bond motifs is 1. The molecule has 0 saturated carbocycles. The van der Waals surface area contributed by atoms with Crippen LogP contribution in [0.4, 0.5) is 0 Å². The average Bonchev–Trinajstić information content (AvgIpc) is 2.98. The first-order chi connectivity index (χ1) is 10.7. The van der Waals surface area contributed by atoms with E-state index in [1.165, 1.54) is 11.8 Å². The summed E-state index contributed by atoms with van der Waals surface area (Å²) in [7, 11) is 1.62. The van der Waals surface area contributed by atoms with Gasteiger partial charge in [0.25, 0.3) is 0 Å². The molecule has 0 amide bonds. The van der Waals surface area contributed by atoms with Crippen molar-refractivity contribution in [3.63, 3.8) is 0 Å². The Kier molecular flexibility index (Phi) is 3.98. The van der Waals surface area contributed by atoms with Crippen molar-refractivity contribution in [3.05, 3.63) is 60.3 Å². The highest BCUT2D eigenvalue weighted by Crippen LogP contribution is 2.30. The minimum Gasteiger partial charge on any atom is -0.378 e. The maximum Gasteiger partial charge on any atom is 0.160 e. The van der Waals surface area contributed by atoms with Gasteiger partial charge in [-0.25, -0.2) is 0 Å². The number of rotatable bonds is 2. The van der Waals surface area contributed by atoms with Gasteiger partial charge in [0, 0.05) is 35.3 Å². The van der Waals surface area contributed by atoms with Crippen molar-refractivity contribution in [2.45, 2.75) is 0 Å². The lowest BCUT2D eigenvalue weighted by Crippen LogP contribution is -2.10. The molecule has 0 fully saturated rings. The third-order valence-electron chi connectivity index (χ3n) is 3.46. The quantitative estimate of drug-likeness (QED) is 0.497. The van der Waals surface area contributed by atoms with Crippen LogP contribution in [0.25, 0.3) is 22.0 Å². The number of nitrogens with one attached hydrogen (secondary N) is 2. The van der Waals surface area contributed by atoms with Gasteiger partial charge in [-0.15, -0.1) is 0 Å². The van der Waals surface area contributed by atoms with Crippen molar-refractivity contribution in [1.82, 2.24) is 4.98 Å². The van der Waals surface area contributed by atoms with E-state index >= 15 is 0 Å². The summed E-state index contributed by atoms with van der Waals surface area (Å²) >= 11 is 1.17. The number of amidine groups is 1. The maximum absolute atomic E-state index is 8.16. The zero-order valence-electron chi connectivity index (χ0n) is 12.1. The molecule has 110 valence electrons. The number of aromatic amines is 1. The Hall–Kier alpha value is -2.53. The molecular weight excluding hydrogens is 292 g/mol. The molecule has 0 bridgehead atoms. The fraction of sp³-hybridized carbons (Fsp3) is 0.0588. The summed E-state index contributed by atoms with van der Waals surface area (Å²) in [5.41, 5.74) is 9.86. The molecule has 0 saturated heterocycles. The van der Waals surface area contributed by atoms with E-state index in [0.717, 1.165) is 27.6 Å². The number of aliphatic imine (C=N–C) groups is 1. The normalized spacial score (nSPS) is 11.8. The van der Waals surface area contributed by atoms with Gasteiger partial charge in [0.15, 0.2) is 5.17 Å². The van der Waals surface area contributed by atoms with E-state index in [-0.39, 0.29) is 0 Å².